The molecule has 2 atom stereocenters. The fourth-order valence-corrected chi connectivity index (χ4v) is 3.42. The highest BCUT2D eigenvalue weighted by Gasteiger charge is 2.39. The van der Waals surface area contributed by atoms with Gasteiger partial charge in [0.15, 0.2) is 0 Å². The summed E-state index contributed by atoms with van der Waals surface area (Å²) in [4.78, 5) is 26.0. The first-order valence-corrected chi connectivity index (χ1v) is 8.14. The predicted molar refractivity (Wildman–Crippen MR) is 90.8 cm³/mol. The molecule has 1 aromatic heterocycles. The first kappa shape index (κ1) is 16.6. The Morgan fingerprint density at radius 2 is 2.08 bits per heavy atom. The number of nitrogens with zero attached hydrogens (tertiary/aromatic N) is 2. The summed E-state index contributed by atoms with van der Waals surface area (Å²) in [5.41, 5.74) is 1.45. The number of hydrogen-bond donors (Lipinski definition) is 0. The Morgan fingerprint density at radius 1 is 1.29 bits per heavy atom. The Morgan fingerprint density at radius 3 is 2.75 bits per heavy atom. The summed E-state index contributed by atoms with van der Waals surface area (Å²) in [5.74, 6) is -0.431. The second kappa shape index (κ2) is 6.69. The topological polar surface area (TPSA) is 51.5 Å². The Balaban J connectivity index is 1.75. The van der Waals surface area contributed by atoms with Gasteiger partial charge in [0.1, 0.15) is 5.69 Å². The molecule has 1 aliphatic rings. The van der Waals surface area contributed by atoms with Gasteiger partial charge in [0.05, 0.1) is 12.6 Å². The van der Waals surface area contributed by atoms with Crippen LogP contribution in [0.15, 0.2) is 42.6 Å². The molecule has 0 radical (unpaired) electrons. The zero-order valence-corrected chi connectivity index (χ0v) is 14.4. The molecule has 1 fully saturated rings. The molecule has 1 saturated heterocycles. The van der Waals surface area contributed by atoms with Gasteiger partial charge in [0.25, 0.3) is 0 Å². The number of aryl methyl sites for hydroxylation is 1. The molecule has 1 aromatic carbocycles. The standard InChI is InChI=1S/C18H19ClN2O3/c1-20-8-4-7-15(20)18(23)24-11-13-10-16(22)21(2)17(13)12-5-3-6-14(19)9-12/h3-9,13,17H,10-11H2,1-2H3/t13-,17-/m0/s1. The Hall–Kier alpha value is -2.27. The summed E-state index contributed by atoms with van der Waals surface area (Å²) in [6.07, 6.45) is 2.15. The molecule has 0 saturated carbocycles. The lowest BCUT2D eigenvalue weighted by atomic mass is 9.94. The Kier molecular flexibility index (Phi) is 4.62. The molecule has 126 valence electrons. The molecule has 0 aliphatic carbocycles. The fourth-order valence-electron chi connectivity index (χ4n) is 3.22. The number of aromatic nitrogens is 1. The van der Waals surface area contributed by atoms with Gasteiger partial charge in [0.2, 0.25) is 5.91 Å². The van der Waals surface area contributed by atoms with Crippen molar-refractivity contribution < 1.29 is 14.3 Å². The lowest BCUT2D eigenvalue weighted by Crippen LogP contribution is -2.26. The molecule has 2 heterocycles. The quantitative estimate of drug-likeness (QED) is 0.799. The van der Waals surface area contributed by atoms with Crippen molar-refractivity contribution in [1.29, 1.82) is 0 Å². The van der Waals surface area contributed by atoms with Crippen molar-refractivity contribution in [3.8, 4) is 0 Å². The molecular weight excluding hydrogens is 328 g/mol. The van der Waals surface area contributed by atoms with E-state index in [4.69, 9.17) is 16.3 Å². The third kappa shape index (κ3) is 3.17. The molecule has 0 spiro atoms. The summed E-state index contributed by atoms with van der Waals surface area (Å²) in [5, 5.41) is 0.625. The van der Waals surface area contributed by atoms with Crippen molar-refractivity contribution in [2.75, 3.05) is 13.7 Å². The minimum atomic E-state index is -0.380. The number of amides is 1. The van der Waals surface area contributed by atoms with Gasteiger partial charge in [-0.25, -0.2) is 4.79 Å². The molecule has 5 nitrogen and oxygen atoms in total. The van der Waals surface area contributed by atoms with Gasteiger partial charge in [-0.15, -0.1) is 0 Å². The van der Waals surface area contributed by atoms with Gasteiger partial charge in [-0.05, 0) is 29.8 Å². The van der Waals surface area contributed by atoms with E-state index in [0.717, 1.165) is 5.56 Å². The molecule has 1 amide bonds. The van der Waals surface area contributed by atoms with Gasteiger partial charge in [-0.3, -0.25) is 4.79 Å². The van der Waals surface area contributed by atoms with E-state index in [1.807, 2.05) is 18.2 Å². The molecule has 1 aliphatic heterocycles. The lowest BCUT2D eigenvalue weighted by Gasteiger charge is -2.25. The third-order valence-corrected chi connectivity index (χ3v) is 4.70. The normalized spacial score (nSPS) is 20.5. The van der Waals surface area contributed by atoms with E-state index in [-0.39, 0.29) is 30.4 Å². The van der Waals surface area contributed by atoms with Crippen LogP contribution in [0.25, 0.3) is 0 Å². The van der Waals surface area contributed by atoms with E-state index in [1.54, 1.807) is 48.0 Å². The number of ether oxygens (including phenoxy) is 1. The van der Waals surface area contributed by atoms with E-state index in [2.05, 4.69) is 0 Å². The summed E-state index contributed by atoms with van der Waals surface area (Å²) in [6.45, 7) is 0.192. The Bertz CT molecular complexity index is 771. The molecule has 3 rings (SSSR count). The highest BCUT2D eigenvalue weighted by Crippen LogP contribution is 2.37. The summed E-state index contributed by atoms with van der Waals surface area (Å²) in [7, 11) is 3.56. The van der Waals surface area contributed by atoms with Gasteiger partial charge in [-0.1, -0.05) is 23.7 Å². The highest BCUT2D eigenvalue weighted by molar-refractivity contribution is 6.30. The average Bonchev–Trinajstić information content (AvgIpc) is 3.09. The van der Waals surface area contributed by atoms with Gasteiger partial charge >= 0.3 is 5.97 Å². The minimum absolute atomic E-state index is 0.0416. The van der Waals surface area contributed by atoms with Crippen LogP contribution < -0.4 is 0 Å². The van der Waals surface area contributed by atoms with E-state index in [1.165, 1.54) is 0 Å². The molecule has 0 bridgehead atoms. The van der Waals surface area contributed by atoms with E-state index >= 15 is 0 Å². The van der Waals surface area contributed by atoms with E-state index in [9.17, 15) is 9.59 Å². The zero-order chi connectivity index (χ0) is 17.3. The monoisotopic (exact) mass is 346 g/mol. The lowest BCUT2D eigenvalue weighted by molar-refractivity contribution is -0.127. The van der Waals surface area contributed by atoms with Gasteiger partial charge in [0, 0.05) is 37.7 Å². The summed E-state index contributed by atoms with van der Waals surface area (Å²) >= 11 is 6.08. The number of rotatable bonds is 4. The van der Waals surface area contributed by atoms with Crippen LogP contribution in [0, 0.1) is 5.92 Å². The fraction of sp³-hybridized carbons (Fsp3) is 0.333. The maximum absolute atomic E-state index is 12.2. The van der Waals surface area contributed by atoms with E-state index < -0.39 is 0 Å². The molecular formula is C18H19ClN2O3. The second-order valence-corrected chi connectivity index (χ2v) is 6.51. The smallest absolute Gasteiger partial charge is 0.354 e. The van der Waals surface area contributed by atoms with Crippen LogP contribution >= 0.6 is 11.6 Å². The number of esters is 1. The van der Waals surface area contributed by atoms with Crippen molar-refractivity contribution in [1.82, 2.24) is 9.47 Å². The molecule has 2 aromatic rings. The number of carbonyl (C=O) groups is 2. The van der Waals surface area contributed by atoms with E-state index in [0.29, 0.717) is 17.1 Å². The number of carbonyl (C=O) groups excluding carboxylic acids is 2. The van der Waals surface area contributed by atoms with Crippen molar-refractivity contribution in [3.05, 3.63) is 58.9 Å². The molecule has 6 heteroatoms. The van der Waals surface area contributed by atoms with Crippen LogP contribution in [0.1, 0.15) is 28.5 Å². The first-order chi connectivity index (χ1) is 11.5. The number of hydrogen-bond acceptors (Lipinski definition) is 3. The van der Waals surface area contributed by atoms with Crippen molar-refractivity contribution >= 4 is 23.5 Å². The SMILES string of the molecule is CN1C(=O)C[C@@H](COC(=O)c2cccn2C)[C@@H]1c1cccc(Cl)c1. The van der Waals surface area contributed by atoms with Gasteiger partial charge in [-0.2, -0.15) is 0 Å². The van der Waals surface area contributed by atoms with Crippen LogP contribution in [0.2, 0.25) is 5.02 Å². The second-order valence-electron chi connectivity index (χ2n) is 6.07. The predicted octanol–water partition coefficient (Wildman–Crippen LogP) is 3.05. The third-order valence-electron chi connectivity index (χ3n) is 4.47. The highest BCUT2D eigenvalue weighted by atomic mass is 35.5. The molecule has 0 N–H and O–H groups in total. The van der Waals surface area contributed by atoms with Crippen molar-refractivity contribution in [3.63, 3.8) is 0 Å². The largest absolute Gasteiger partial charge is 0.461 e. The average molecular weight is 347 g/mol. The van der Waals surface area contributed by atoms with Gasteiger partial charge < -0.3 is 14.2 Å². The first-order valence-electron chi connectivity index (χ1n) is 7.77. The minimum Gasteiger partial charge on any atom is -0.461 e. The van der Waals surface area contributed by atoms with Crippen LogP contribution in [0.4, 0.5) is 0 Å². The van der Waals surface area contributed by atoms with Crippen LogP contribution in [0.3, 0.4) is 0 Å². The zero-order valence-electron chi connectivity index (χ0n) is 13.6. The number of halogens is 1. The maximum Gasteiger partial charge on any atom is 0.354 e. The van der Waals surface area contributed by atoms with Crippen molar-refractivity contribution in [2.45, 2.75) is 12.5 Å². The maximum atomic E-state index is 12.2. The summed E-state index contributed by atoms with van der Waals surface area (Å²) in [6, 6.07) is 10.8. The van der Waals surface area contributed by atoms with Crippen LogP contribution in [-0.4, -0.2) is 35.0 Å². The summed E-state index contributed by atoms with van der Waals surface area (Å²) < 4.78 is 7.17. The van der Waals surface area contributed by atoms with Crippen LogP contribution in [-0.2, 0) is 16.6 Å². The van der Waals surface area contributed by atoms with Crippen LogP contribution in [0.5, 0.6) is 0 Å². The molecule has 24 heavy (non-hydrogen) atoms. The number of likely N-dealkylation sites (tertiary alicyclic amines) is 1. The Labute approximate surface area is 145 Å². The van der Waals surface area contributed by atoms with Crippen molar-refractivity contribution in [2.24, 2.45) is 13.0 Å². The molecule has 0 unspecified atom stereocenters. The number of benzene rings is 1.